The monoisotopic (exact) mass is 652 g/mol. The minimum Gasteiger partial charge on any atom is -0.490 e. The largest absolute Gasteiger partial charge is 0.490 e. The summed E-state index contributed by atoms with van der Waals surface area (Å²) in [5.74, 6) is 0.0456. The van der Waals surface area contributed by atoms with Crippen LogP contribution in [-0.2, 0) is 6.54 Å². The van der Waals surface area contributed by atoms with Crippen molar-refractivity contribution in [1.29, 1.82) is 0 Å². The Morgan fingerprint density at radius 3 is 2.25 bits per heavy atom. The topological polar surface area (TPSA) is 149 Å². The lowest BCUT2D eigenvalue weighted by atomic mass is 10.1. The number of nitrogens with two attached hydrogens (primary N) is 1. The molecule has 0 aliphatic carbocycles. The van der Waals surface area contributed by atoms with Gasteiger partial charge in [0.15, 0.2) is 5.75 Å². The summed E-state index contributed by atoms with van der Waals surface area (Å²) in [5.41, 5.74) is 10.2. The van der Waals surface area contributed by atoms with E-state index in [4.69, 9.17) is 10.5 Å². The summed E-state index contributed by atoms with van der Waals surface area (Å²) in [6, 6.07) is 28.2. The van der Waals surface area contributed by atoms with E-state index in [0.717, 1.165) is 6.54 Å². The molecule has 252 valence electrons. The van der Waals surface area contributed by atoms with Crippen LogP contribution >= 0.6 is 0 Å². The van der Waals surface area contributed by atoms with E-state index in [0.29, 0.717) is 52.8 Å². The number of fused-ring (bicyclic) bond motifs is 1. The number of rotatable bonds is 8. The average Bonchev–Trinajstić information content (AvgIpc) is 3.07. The van der Waals surface area contributed by atoms with Crippen LogP contribution in [0.1, 0.15) is 40.1 Å². The molecule has 0 fully saturated rings. The molecule has 11 heteroatoms. The number of aliphatic hydroxyl groups excluding tert-OH is 1. The summed E-state index contributed by atoms with van der Waals surface area (Å²) < 4.78 is 5.90. The second kappa shape index (κ2) is 17.0. The molecular weight excluding hydrogens is 608 g/mol. The smallest absolute Gasteiger partial charge is 0.323 e. The molecule has 4 amide bonds. The highest BCUT2D eigenvalue weighted by Gasteiger charge is 2.29. The van der Waals surface area contributed by atoms with Crippen LogP contribution < -0.4 is 26.4 Å². The van der Waals surface area contributed by atoms with Crippen molar-refractivity contribution in [1.82, 2.24) is 9.80 Å². The number of ether oxygens (including phenoxy) is 1. The fraction of sp³-hybridized carbons (Fsp3) is 0.270. The Bertz CT molecular complexity index is 1680. The zero-order valence-electron chi connectivity index (χ0n) is 27.8. The third kappa shape index (κ3) is 9.81. The summed E-state index contributed by atoms with van der Waals surface area (Å²) in [7, 11) is 4.03. The van der Waals surface area contributed by atoms with Gasteiger partial charge in [0.1, 0.15) is 0 Å². The Morgan fingerprint density at radius 1 is 0.917 bits per heavy atom. The van der Waals surface area contributed by atoms with E-state index in [-0.39, 0.29) is 30.4 Å². The Labute approximate surface area is 281 Å². The maximum absolute atomic E-state index is 13.1. The zero-order chi connectivity index (χ0) is 34.6. The van der Waals surface area contributed by atoms with E-state index in [1.807, 2.05) is 82.5 Å². The Morgan fingerprint density at radius 2 is 1.58 bits per heavy atom. The van der Waals surface area contributed by atoms with Gasteiger partial charge in [0.2, 0.25) is 0 Å². The van der Waals surface area contributed by atoms with Gasteiger partial charge in [-0.2, -0.15) is 0 Å². The molecule has 0 saturated heterocycles. The quantitative estimate of drug-likeness (QED) is 0.152. The number of nitrogens with zero attached hydrogens (tertiary/aromatic N) is 2. The maximum atomic E-state index is 13.1. The molecule has 0 bridgehead atoms. The molecule has 0 radical (unpaired) electrons. The van der Waals surface area contributed by atoms with Gasteiger partial charge in [0, 0.05) is 30.3 Å². The number of amides is 4. The van der Waals surface area contributed by atoms with Crippen molar-refractivity contribution in [3.8, 4) is 5.75 Å². The minimum atomic E-state index is -0.425. The van der Waals surface area contributed by atoms with Gasteiger partial charge in [-0.15, -0.1) is 0 Å². The molecule has 5 rings (SSSR count). The van der Waals surface area contributed by atoms with Gasteiger partial charge < -0.3 is 41.3 Å². The molecule has 4 aromatic rings. The fourth-order valence-electron chi connectivity index (χ4n) is 5.03. The van der Waals surface area contributed by atoms with E-state index in [1.165, 1.54) is 5.56 Å². The van der Waals surface area contributed by atoms with Crippen molar-refractivity contribution >= 4 is 40.6 Å². The Hall–Kier alpha value is -5.39. The van der Waals surface area contributed by atoms with Crippen LogP contribution in [0.4, 0.5) is 27.5 Å². The van der Waals surface area contributed by atoms with Crippen LogP contribution in [0.3, 0.4) is 0 Å². The number of hydrogen-bond acceptors (Lipinski definition) is 7. The summed E-state index contributed by atoms with van der Waals surface area (Å²) >= 11 is 0. The normalized spacial score (nSPS) is 14.7. The minimum absolute atomic E-state index is 0.0808. The predicted octanol–water partition coefficient (Wildman–Crippen LogP) is 5.76. The molecule has 4 aromatic carbocycles. The van der Waals surface area contributed by atoms with Crippen molar-refractivity contribution in [3.05, 3.63) is 114 Å². The molecule has 0 unspecified atom stereocenters. The Balaban J connectivity index is 0.000000229. The number of aliphatic hydroxyl groups is 1. The first kappa shape index (κ1) is 35.5. The van der Waals surface area contributed by atoms with Gasteiger partial charge in [-0.25, -0.2) is 4.79 Å². The van der Waals surface area contributed by atoms with Gasteiger partial charge in [-0.1, -0.05) is 55.5 Å². The molecule has 2 atom stereocenters. The van der Waals surface area contributed by atoms with Crippen LogP contribution in [0.2, 0.25) is 0 Å². The number of carbonyl (C=O) groups is 3. The lowest BCUT2D eigenvalue weighted by molar-refractivity contribution is 0.0525. The molecular formula is C37H44N6O5. The molecule has 1 heterocycles. The van der Waals surface area contributed by atoms with Crippen molar-refractivity contribution in [2.24, 2.45) is 5.92 Å². The van der Waals surface area contributed by atoms with Crippen molar-refractivity contribution in [2.75, 3.05) is 55.5 Å². The highest BCUT2D eigenvalue weighted by Crippen LogP contribution is 2.33. The van der Waals surface area contributed by atoms with Gasteiger partial charge in [-0.3, -0.25) is 9.59 Å². The number of urea groups is 1. The van der Waals surface area contributed by atoms with Crippen LogP contribution in [0.15, 0.2) is 97.1 Å². The van der Waals surface area contributed by atoms with Gasteiger partial charge in [0.25, 0.3) is 11.8 Å². The highest BCUT2D eigenvalue weighted by atomic mass is 16.5. The van der Waals surface area contributed by atoms with E-state index in [1.54, 1.807) is 47.4 Å². The summed E-state index contributed by atoms with van der Waals surface area (Å²) in [4.78, 5) is 41.3. The third-order valence-electron chi connectivity index (χ3n) is 7.53. The summed E-state index contributed by atoms with van der Waals surface area (Å²) in [6.45, 7) is 5.41. The average molecular weight is 653 g/mol. The highest BCUT2D eigenvalue weighted by molar-refractivity contribution is 6.06. The number of hydrogen-bond donors (Lipinski definition) is 5. The van der Waals surface area contributed by atoms with Crippen molar-refractivity contribution < 1.29 is 24.2 Å². The first-order valence-corrected chi connectivity index (χ1v) is 15.8. The first-order valence-electron chi connectivity index (χ1n) is 15.8. The maximum Gasteiger partial charge on any atom is 0.323 e. The summed E-state index contributed by atoms with van der Waals surface area (Å²) in [5, 5.41) is 17.8. The Kier molecular flexibility index (Phi) is 12.5. The van der Waals surface area contributed by atoms with Crippen LogP contribution in [0, 0.1) is 5.92 Å². The molecule has 0 saturated carbocycles. The predicted molar refractivity (Wildman–Crippen MR) is 190 cm³/mol. The molecule has 11 nitrogen and oxygen atoms in total. The van der Waals surface area contributed by atoms with Crippen LogP contribution in [-0.4, -0.2) is 72.6 Å². The number of anilines is 4. The molecule has 48 heavy (non-hydrogen) atoms. The second-order valence-electron chi connectivity index (χ2n) is 12.0. The lowest BCUT2D eigenvalue weighted by Crippen LogP contribution is -2.45. The molecule has 0 aromatic heterocycles. The standard InChI is InChI=1S/C21H25N3O4.C16H19N3O/c1-14-11-24(15(2)12-25)20(26)17-9-6-10-18(19(17)28-13-14)23-21(27)22-16-7-4-3-5-8-16;1-19(2)11-12-7-9-13(10-8-12)16(20)18-15-6-4-3-5-14(15)17/h3-10,14-15,25H,11-13H2,1-2H3,(H2,22,23,27);3-10H,11,17H2,1-2H3,(H,18,20)/t14-,15+;/m1./s1. The van der Waals surface area contributed by atoms with E-state index >= 15 is 0 Å². The zero-order valence-corrected chi connectivity index (χ0v) is 27.8. The van der Waals surface area contributed by atoms with Crippen LogP contribution in [0.5, 0.6) is 5.75 Å². The molecule has 1 aliphatic heterocycles. The third-order valence-corrected chi connectivity index (χ3v) is 7.53. The van der Waals surface area contributed by atoms with Gasteiger partial charge >= 0.3 is 6.03 Å². The van der Waals surface area contributed by atoms with Gasteiger partial charge in [-0.05, 0) is 75.1 Å². The van der Waals surface area contributed by atoms with Crippen molar-refractivity contribution in [2.45, 2.75) is 26.4 Å². The number of carbonyl (C=O) groups excluding carboxylic acids is 3. The van der Waals surface area contributed by atoms with Crippen LogP contribution in [0.25, 0.3) is 0 Å². The van der Waals surface area contributed by atoms with Gasteiger partial charge in [0.05, 0.1) is 41.9 Å². The molecule has 1 aliphatic rings. The van der Waals surface area contributed by atoms with Crippen molar-refractivity contribution in [3.63, 3.8) is 0 Å². The van der Waals surface area contributed by atoms with E-state index < -0.39 is 6.03 Å². The molecule has 6 N–H and O–H groups in total. The molecule has 0 spiro atoms. The fourth-order valence-corrected chi connectivity index (χ4v) is 5.03. The number of nitrogens with one attached hydrogen (secondary N) is 3. The first-order chi connectivity index (χ1) is 23.0. The number of benzene rings is 4. The summed E-state index contributed by atoms with van der Waals surface area (Å²) in [6.07, 6.45) is 0. The lowest BCUT2D eigenvalue weighted by Gasteiger charge is -2.33. The SMILES string of the molecule is CN(C)Cc1ccc(C(=O)Nc2ccccc2N)cc1.C[C@H]1COc2c(NC(=O)Nc3ccccc3)cccc2C(=O)N([C@@H](C)CO)C1. The van der Waals surface area contributed by atoms with E-state index in [2.05, 4.69) is 20.9 Å². The second-order valence-corrected chi connectivity index (χ2v) is 12.0. The van der Waals surface area contributed by atoms with E-state index in [9.17, 15) is 19.5 Å². The number of para-hydroxylation sites is 4. The number of nitrogen functional groups attached to an aromatic ring is 1.